The Morgan fingerprint density at radius 3 is 2.78 bits per heavy atom. The lowest BCUT2D eigenvalue weighted by Crippen LogP contribution is -2.44. The van der Waals surface area contributed by atoms with Crippen LogP contribution in [0.1, 0.15) is 38.0 Å². The van der Waals surface area contributed by atoms with Gasteiger partial charge in [-0.15, -0.1) is 11.3 Å². The number of hydrogen-bond donors (Lipinski definition) is 0. The van der Waals surface area contributed by atoms with Gasteiger partial charge in [0.05, 0.1) is 6.07 Å². The molecule has 0 saturated heterocycles. The van der Waals surface area contributed by atoms with Crippen LogP contribution in [0.4, 0.5) is 0 Å². The fourth-order valence-corrected chi connectivity index (χ4v) is 4.33. The summed E-state index contributed by atoms with van der Waals surface area (Å²) in [7, 11) is 0. The summed E-state index contributed by atoms with van der Waals surface area (Å²) in [5.74, 6) is 0.119. The minimum absolute atomic E-state index is 0.119. The maximum Gasteiger partial charge on any atom is 0.159 e. The van der Waals surface area contributed by atoms with Gasteiger partial charge in [-0.3, -0.25) is 4.79 Å². The molecule has 0 aliphatic heterocycles. The molecule has 0 bridgehead atoms. The number of nitriles is 1. The summed E-state index contributed by atoms with van der Waals surface area (Å²) in [4.78, 5) is 13.7. The highest BCUT2D eigenvalue weighted by atomic mass is 79.9. The summed E-state index contributed by atoms with van der Waals surface area (Å²) in [5, 5.41) is 11.5. The average Bonchev–Trinajstić information content (AvgIpc) is 2.71. The van der Waals surface area contributed by atoms with Crippen LogP contribution >= 0.6 is 27.3 Å². The molecule has 0 aromatic carbocycles. The molecular formula is C14H16BrNOS. The van der Waals surface area contributed by atoms with Crippen molar-refractivity contribution in [3.63, 3.8) is 0 Å². The molecule has 1 unspecified atom stereocenters. The average molecular weight is 326 g/mol. The number of rotatable bonds is 2. The SMILES string of the molecule is CC1(C)CCCC(C#N)(Cc2cc(Br)cs2)C1=O. The van der Waals surface area contributed by atoms with Crippen molar-refractivity contribution in [1.29, 1.82) is 5.26 Å². The molecule has 2 nitrogen and oxygen atoms in total. The summed E-state index contributed by atoms with van der Waals surface area (Å²) in [5.41, 5.74) is -1.17. The van der Waals surface area contributed by atoms with Crippen molar-refractivity contribution >= 4 is 33.0 Å². The number of carbonyl (C=O) groups is 1. The van der Waals surface area contributed by atoms with Crippen LogP contribution in [0.5, 0.6) is 0 Å². The molecule has 4 heteroatoms. The normalized spacial score (nSPS) is 26.9. The van der Waals surface area contributed by atoms with Gasteiger partial charge >= 0.3 is 0 Å². The number of ketones is 1. The number of hydrogen-bond acceptors (Lipinski definition) is 3. The molecule has 0 amide bonds. The lowest BCUT2D eigenvalue weighted by molar-refractivity contribution is -0.138. The fraction of sp³-hybridized carbons (Fsp3) is 0.571. The molecular weight excluding hydrogens is 310 g/mol. The third-order valence-corrected chi connectivity index (χ3v) is 5.46. The zero-order chi connectivity index (χ0) is 13.4. The minimum Gasteiger partial charge on any atom is -0.297 e. The van der Waals surface area contributed by atoms with Gasteiger partial charge < -0.3 is 0 Å². The Kier molecular flexibility index (Phi) is 3.66. The molecule has 1 saturated carbocycles. The fourth-order valence-electron chi connectivity index (χ4n) is 2.77. The van der Waals surface area contributed by atoms with E-state index in [9.17, 15) is 10.1 Å². The first-order chi connectivity index (χ1) is 8.39. The first-order valence-corrected chi connectivity index (χ1v) is 7.76. The molecule has 1 atom stereocenters. The van der Waals surface area contributed by atoms with E-state index in [-0.39, 0.29) is 11.2 Å². The van der Waals surface area contributed by atoms with E-state index < -0.39 is 5.41 Å². The summed E-state index contributed by atoms with van der Waals surface area (Å²) >= 11 is 5.03. The first-order valence-electron chi connectivity index (χ1n) is 6.09. The Balaban J connectivity index is 2.31. The van der Waals surface area contributed by atoms with Gasteiger partial charge in [-0.1, -0.05) is 20.3 Å². The van der Waals surface area contributed by atoms with E-state index >= 15 is 0 Å². The second kappa shape index (κ2) is 4.79. The standard InChI is InChI=1S/C14H16BrNOS/c1-13(2)4-3-5-14(9-16,12(13)17)7-11-6-10(15)8-18-11/h6,8H,3-5,7H2,1-2H3. The minimum atomic E-state index is -0.813. The summed E-state index contributed by atoms with van der Waals surface area (Å²) in [6, 6.07) is 4.33. The largest absolute Gasteiger partial charge is 0.297 e. The predicted octanol–water partition coefficient (Wildman–Crippen LogP) is 4.34. The van der Waals surface area contributed by atoms with Crippen molar-refractivity contribution in [1.82, 2.24) is 0 Å². The third-order valence-electron chi connectivity index (χ3n) is 3.77. The Bertz CT molecular complexity index is 514. The van der Waals surface area contributed by atoms with Crippen LogP contribution in [-0.4, -0.2) is 5.78 Å². The van der Waals surface area contributed by atoms with E-state index in [1.165, 1.54) is 0 Å². The lowest BCUT2D eigenvalue weighted by atomic mass is 9.61. The van der Waals surface area contributed by atoms with Crippen LogP contribution in [0.25, 0.3) is 0 Å². The number of thiophene rings is 1. The van der Waals surface area contributed by atoms with Crippen LogP contribution in [0, 0.1) is 22.2 Å². The second-order valence-electron chi connectivity index (χ2n) is 5.67. The van der Waals surface area contributed by atoms with Crippen molar-refractivity contribution in [2.75, 3.05) is 0 Å². The Hall–Kier alpha value is -0.660. The van der Waals surface area contributed by atoms with Gasteiger partial charge in [0.2, 0.25) is 0 Å². The Labute approximate surface area is 120 Å². The van der Waals surface area contributed by atoms with Gasteiger partial charge in [0.15, 0.2) is 5.78 Å². The van der Waals surface area contributed by atoms with Crippen molar-refractivity contribution in [2.24, 2.45) is 10.8 Å². The molecule has 1 aromatic rings. The Morgan fingerprint density at radius 2 is 2.22 bits per heavy atom. The molecule has 2 rings (SSSR count). The van der Waals surface area contributed by atoms with Crippen molar-refractivity contribution < 1.29 is 4.79 Å². The van der Waals surface area contributed by atoms with Gasteiger partial charge in [0, 0.05) is 26.6 Å². The molecule has 0 spiro atoms. The quantitative estimate of drug-likeness (QED) is 0.811. The highest BCUT2D eigenvalue weighted by molar-refractivity contribution is 9.10. The van der Waals surface area contributed by atoms with Crippen LogP contribution in [0.2, 0.25) is 0 Å². The van der Waals surface area contributed by atoms with Crippen molar-refractivity contribution in [3.05, 3.63) is 20.8 Å². The molecule has 1 aromatic heterocycles. The maximum atomic E-state index is 12.6. The van der Waals surface area contributed by atoms with E-state index in [1.54, 1.807) is 11.3 Å². The molecule has 0 N–H and O–H groups in total. The molecule has 1 aliphatic rings. The van der Waals surface area contributed by atoms with Crippen molar-refractivity contribution in [2.45, 2.75) is 39.5 Å². The van der Waals surface area contributed by atoms with Crippen LogP contribution in [-0.2, 0) is 11.2 Å². The number of halogens is 1. The first kappa shape index (κ1) is 13.8. The van der Waals surface area contributed by atoms with Gasteiger partial charge in [-0.2, -0.15) is 5.26 Å². The highest BCUT2D eigenvalue weighted by Gasteiger charge is 2.49. The molecule has 1 heterocycles. The zero-order valence-corrected chi connectivity index (χ0v) is 13.0. The number of carbonyl (C=O) groups excluding carboxylic acids is 1. The predicted molar refractivity (Wildman–Crippen MR) is 76.4 cm³/mol. The van der Waals surface area contributed by atoms with Gasteiger partial charge in [0.1, 0.15) is 5.41 Å². The topological polar surface area (TPSA) is 40.9 Å². The third kappa shape index (κ3) is 2.39. The van der Waals surface area contributed by atoms with Crippen LogP contribution in [0.15, 0.2) is 15.9 Å². The monoisotopic (exact) mass is 325 g/mol. The molecule has 0 radical (unpaired) electrons. The number of nitrogens with zero attached hydrogens (tertiary/aromatic N) is 1. The molecule has 1 fully saturated rings. The summed E-state index contributed by atoms with van der Waals surface area (Å²) < 4.78 is 1.03. The second-order valence-corrected chi connectivity index (χ2v) is 7.58. The van der Waals surface area contributed by atoms with Crippen LogP contribution in [0.3, 0.4) is 0 Å². The molecule has 96 valence electrons. The lowest BCUT2D eigenvalue weighted by Gasteiger charge is -2.38. The molecule has 18 heavy (non-hydrogen) atoms. The Morgan fingerprint density at radius 1 is 1.50 bits per heavy atom. The maximum absolute atomic E-state index is 12.6. The summed E-state index contributed by atoms with van der Waals surface area (Å²) in [6.07, 6.45) is 3.10. The van der Waals surface area contributed by atoms with Crippen molar-refractivity contribution in [3.8, 4) is 6.07 Å². The van der Waals surface area contributed by atoms with Gasteiger partial charge in [-0.05, 0) is 34.8 Å². The van der Waals surface area contributed by atoms with E-state index in [4.69, 9.17) is 0 Å². The zero-order valence-electron chi connectivity index (χ0n) is 10.6. The van der Waals surface area contributed by atoms with Gasteiger partial charge in [0.25, 0.3) is 0 Å². The van der Waals surface area contributed by atoms with Crippen LogP contribution < -0.4 is 0 Å². The van der Waals surface area contributed by atoms with E-state index in [1.807, 2.05) is 25.3 Å². The molecule has 1 aliphatic carbocycles. The van der Waals surface area contributed by atoms with Gasteiger partial charge in [-0.25, -0.2) is 0 Å². The van der Waals surface area contributed by atoms with E-state index in [0.29, 0.717) is 12.8 Å². The number of Topliss-reactive ketones (excluding diaryl/α,β-unsaturated/α-hetero) is 1. The summed E-state index contributed by atoms with van der Waals surface area (Å²) in [6.45, 7) is 3.93. The van der Waals surface area contributed by atoms with E-state index in [0.717, 1.165) is 22.2 Å². The highest BCUT2D eigenvalue weighted by Crippen LogP contribution is 2.45. The smallest absolute Gasteiger partial charge is 0.159 e. The van der Waals surface area contributed by atoms with E-state index in [2.05, 4.69) is 22.0 Å².